The number of ether oxygens (including phenoxy) is 1. The lowest BCUT2D eigenvalue weighted by Crippen LogP contribution is -2.01. The molecule has 66 valence electrons. The highest BCUT2D eigenvalue weighted by Gasteiger charge is 2.06. The summed E-state index contributed by atoms with van der Waals surface area (Å²) in [4.78, 5) is 0. The first-order chi connectivity index (χ1) is 5.61. The molecule has 0 fully saturated rings. The van der Waals surface area contributed by atoms with Gasteiger partial charge in [-0.2, -0.15) is 0 Å². The fourth-order valence-electron chi connectivity index (χ4n) is 0.750. The largest absolute Gasteiger partial charge is 0.478 e. The molecule has 0 spiro atoms. The third-order valence-corrected chi connectivity index (χ3v) is 2.19. The molecule has 1 aromatic carbocycles. The molecule has 4 heteroatoms. The van der Waals surface area contributed by atoms with E-state index in [1.807, 2.05) is 6.92 Å². The second-order valence-electron chi connectivity index (χ2n) is 2.21. The maximum absolute atomic E-state index is 5.86. The minimum Gasteiger partial charge on any atom is -0.478 e. The van der Waals surface area contributed by atoms with Crippen LogP contribution in [0.5, 0.6) is 5.75 Å². The Labute approximate surface area is 89.7 Å². The van der Waals surface area contributed by atoms with E-state index < -0.39 is 0 Å². The van der Waals surface area contributed by atoms with Crippen LogP contribution >= 0.6 is 39.1 Å². The van der Waals surface area contributed by atoms with Gasteiger partial charge >= 0.3 is 0 Å². The third kappa shape index (κ3) is 2.54. The van der Waals surface area contributed by atoms with Crippen molar-refractivity contribution in [2.45, 2.75) is 11.9 Å². The quantitative estimate of drug-likeness (QED) is 0.734. The molecule has 0 aliphatic carbocycles. The van der Waals surface area contributed by atoms with Gasteiger partial charge in [0.05, 0.1) is 5.02 Å². The van der Waals surface area contributed by atoms with Crippen LogP contribution in [0, 0.1) is 0 Å². The predicted octanol–water partition coefficient (Wildman–Crippen LogP) is 4.11. The second kappa shape index (κ2) is 4.35. The lowest BCUT2D eigenvalue weighted by atomic mass is 10.3. The summed E-state index contributed by atoms with van der Waals surface area (Å²) >= 11 is 14.9. The van der Waals surface area contributed by atoms with Crippen LogP contribution in [0.3, 0.4) is 0 Å². The van der Waals surface area contributed by atoms with E-state index in [4.69, 9.17) is 27.9 Å². The van der Waals surface area contributed by atoms with Crippen LogP contribution in [0.25, 0.3) is 0 Å². The maximum Gasteiger partial charge on any atom is 0.150 e. The molecule has 1 nitrogen and oxygen atoms in total. The molecule has 1 rings (SSSR count). The molecule has 0 radical (unpaired) electrons. The van der Waals surface area contributed by atoms with Crippen LogP contribution < -0.4 is 4.74 Å². The van der Waals surface area contributed by atoms with Gasteiger partial charge in [-0.1, -0.05) is 29.3 Å². The topological polar surface area (TPSA) is 9.23 Å². The second-order valence-corrected chi connectivity index (χ2v) is 4.29. The van der Waals surface area contributed by atoms with Crippen molar-refractivity contribution in [1.29, 1.82) is 0 Å². The Morgan fingerprint density at radius 1 is 1.42 bits per heavy atom. The Balaban J connectivity index is 2.92. The standard InChI is InChI=1S/C8H7BrCl2O/c1-5(9)12-7-4-2-3-6(10)8(7)11/h2-5H,1H3. The van der Waals surface area contributed by atoms with E-state index in [1.54, 1.807) is 18.2 Å². The highest BCUT2D eigenvalue weighted by Crippen LogP contribution is 2.32. The Bertz CT molecular complexity index is 276. The van der Waals surface area contributed by atoms with Crippen molar-refractivity contribution < 1.29 is 4.74 Å². The molecule has 1 aromatic rings. The van der Waals surface area contributed by atoms with Crippen LogP contribution in [0.15, 0.2) is 18.2 Å². The molecule has 0 N–H and O–H groups in total. The molecule has 0 heterocycles. The van der Waals surface area contributed by atoms with Gasteiger partial charge in [-0.3, -0.25) is 0 Å². The smallest absolute Gasteiger partial charge is 0.150 e. The average Bonchev–Trinajstić information content (AvgIpc) is 1.98. The number of benzene rings is 1. The number of halogens is 3. The van der Waals surface area contributed by atoms with Crippen molar-refractivity contribution in [3.63, 3.8) is 0 Å². The van der Waals surface area contributed by atoms with Gasteiger partial charge in [0.2, 0.25) is 0 Å². The number of hydrogen-bond donors (Lipinski definition) is 0. The van der Waals surface area contributed by atoms with Crippen LogP contribution in [-0.2, 0) is 0 Å². The molecular formula is C8H7BrCl2O. The molecule has 0 aliphatic rings. The normalized spacial score (nSPS) is 12.7. The van der Waals surface area contributed by atoms with Crippen molar-refractivity contribution >= 4 is 39.1 Å². The average molecular weight is 270 g/mol. The zero-order valence-electron chi connectivity index (χ0n) is 6.35. The van der Waals surface area contributed by atoms with E-state index in [0.717, 1.165) is 0 Å². The fraction of sp³-hybridized carbons (Fsp3) is 0.250. The summed E-state index contributed by atoms with van der Waals surface area (Å²) in [6.45, 7) is 1.86. The molecule has 0 saturated carbocycles. The van der Waals surface area contributed by atoms with E-state index in [9.17, 15) is 0 Å². The lowest BCUT2D eigenvalue weighted by Gasteiger charge is -2.09. The fourth-order valence-corrected chi connectivity index (χ4v) is 1.29. The van der Waals surface area contributed by atoms with E-state index in [2.05, 4.69) is 15.9 Å². The zero-order valence-corrected chi connectivity index (χ0v) is 9.45. The number of hydrogen-bond acceptors (Lipinski definition) is 1. The van der Waals surface area contributed by atoms with Crippen LogP contribution in [0.1, 0.15) is 6.92 Å². The highest BCUT2D eigenvalue weighted by molar-refractivity contribution is 9.09. The van der Waals surface area contributed by atoms with Gasteiger partial charge in [-0.15, -0.1) is 0 Å². The van der Waals surface area contributed by atoms with Crippen molar-refractivity contribution in [2.75, 3.05) is 0 Å². The molecule has 0 aliphatic heterocycles. The van der Waals surface area contributed by atoms with E-state index in [1.165, 1.54) is 0 Å². The summed E-state index contributed by atoms with van der Waals surface area (Å²) in [5.74, 6) is 0.591. The minimum absolute atomic E-state index is 0.0755. The summed E-state index contributed by atoms with van der Waals surface area (Å²) in [6, 6.07) is 5.28. The van der Waals surface area contributed by atoms with Crippen molar-refractivity contribution in [3.05, 3.63) is 28.2 Å². The molecule has 0 aromatic heterocycles. The van der Waals surface area contributed by atoms with Gasteiger partial charge in [0.1, 0.15) is 10.8 Å². The van der Waals surface area contributed by atoms with Gasteiger partial charge in [-0.05, 0) is 35.0 Å². The molecular weight excluding hydrogens is 263 g/mol. The zero-order chi connectivity index (χ0) is 9.14. The first-order valence-electron chi connectivity index (χ1n) is 3.36. The van der Waals surface area contributed by atoms with Gasteiger partial charge in [0.25, 0.3) is 0 Å². The van der Waals surface area contributed by atoms with Crippen molar-refractivity contribution in [1.82, 2.24) is 0 Å². The SMILES string of the molecule is CC(Br)Oc1cccc(Cl)c1Cl. The molecule has 0 saturated heterocycles. The van der Waals surface area contributed by atoms with Gasteiger partial charge in [-0.25, -0.2) is 0 Å². The van der Waals surface area contributed by atoms with Gasteiger partial charge < -0.3 is 4.74 Å². The van der Waals surface area contributed by atoms with Crippen LogP contribution in [0.2, 0.25) is 10.0 Å². The first kappa shape index (κ1) is 10.2. The number of alkyl halides is 1. The summed E-state index contributed by atoms with van der Waals surface area (Å²) in [6.07, 6.45) is 0. The maximum atomic E-state index is 5.86. The predicted molar refractivity (Wildman–Crippen MR) is 55.5 cm³/mol. The highest BCUT2D eigenvalue weighted by atomic mass is 79.9. The Hall–Kier alpha value is 0.0800. The molecule has 12 heavy (non-hydrogen) atoms. The third-order valence-electron chi connectivity index (χ3n) is 1.21. The first-order valence-corrected chi connectivity index (χ1v) is 5.03. The van der Waals surface area contributed by atoms with E-state index >= 15 is 0 Å². The molecule has 0 amide bonds. The summed E-state index contributed by atoms with van der Waals surface area (Å²) in [5, 5.41) is 0.876. The Morgan fingerprint density at radius 2 is 2.08 bits per heavy atom. The van der Waals surface area contributed by atoms with Crippen molar-refractivity contribution in [2.24, 2.45) is 0 Å². The molecule has 1 unspecified atom stereocenters. The monoisotopic (exact) mass is 268 g/mol. The minimum atomic E-state index is -0.0755. The molecule has 0 bridgehead atoms. The van der Waals surface area contributed by atoms with Crippen LogP contribution in [-0.4, -0.2) is 5.01 Å². The van der Waals surface area contributed by atoms with Crippen molar-refractivity contribution in [3.8, 4) is 5.75 Å². The van der Waals surface area contributed by atoms with E-state index in [-0.39, 0.29) is 5.01 Å². The van der Waals surface area contributed by atoms with E-state index in [0.29, 0.717) is 15.8 Å². The molecule has 1 atom stereocenters. The van der Waals surface area contributed by atoms with Crippen LogP contribution in [0.4, 0.5) is 0 Å². The Morgan fingerprint density at radius 3 is 2.67 bits per heavy atom. The lowest BCUT2D eigenvalue weighted by molar-refractivity contribution is 0.314. The summed E-state index contributed by atoms with van der Waals surface area (Å²) in [7, 11) is 0. The number of rotatable bonds is 2. The summed E-state index contributed by atoms with van der Waals surface area (Å²) < 4.78 is 5.33. The Kier molecular flexibility index (Phi) is 3.69. The summed E-state index contributed by atoms with van der Waals surface area (Å²) in [5.41, 5.74) is 0. The van der Waals surface area contributed by atoms with Gasteiger partial charge in [0.15, 0.2) is 5.01 Å². The van der Waals surface area contributed by atoms with Gasteiger partial charge in [0, 0.05) is 0 Å².